The number of rotatable bonds is 4. The molecule has 2 N–H and O–H groups in total. The van der Waals surface area contributed by atoms with Gasteiger partial charge in [-0.1, -0.05) is 66.2 Å². The molecule has 126 valence electrons. The molecule has 0 unspecified atom stereocenters. The molecule has 0 aliphatic carbocycles. The Morgan fingerprint density at radius 1 is 0.880 bits per heavy atom. The molecule has 0 radical (unpaired) electrons. The zero-order chi connectivity index (χ0) is 17.6. The molecule has 0 bridgehead atoms. The maximum absolute atomic E-state index is 6.07. The summed E-state index contributed by atoms with van der Waals surface area (Å²) >= 11 is 11.6. The minimum absolute atomic E-state index is 0.547. The van der Waals surface area contributed by atoms with Gasteiger partial charge < -0.3 is 10.6 Å². The summed E-state index contributed by atoms with van der Waals surface area (Å²) in [5.74, 6) is 0. The van der Waals surface area contributed by atoms with Gasteiger partial charge in [0, 0.05) is 16.4 Å². The maximum Gasteiger partial charge on any atom is 0.175 e. The van der Waals surface area contributed by atoms with E-state index >= 15 is 0 Å². The second kappa shape index (κ2) is 8.15. The second-order valence-electron chi connectivity index (χ2n) is 5.86. The fourth-order valence-electron chi connectivity index (χ4n) is 2.62. The number of nitrogens with one attached hydrogen (secondary N) is 2. The normalized spacial score (nSPS) is 10.3. The lowest BCUT2D eigenvalue weighted by Gasteiger charge is -2.15. The Morgan fingerprint density at radius 2 is 1.56 bits per heavy atom. The fourth-order valence-corrected chi connectivity index (χ4v) is 3.01. The van der Waals surface area contributed by atoms with E-state index in [1.54, 1.807) is 0 Å². The number of aryl methyl sites for hydroxylation is 1. The van der Waals surface area contributed by atoms with Gasteiger partial charge in [0.2, 0.25) is 0 Å². The Labute approximate surface area is 158 Å². The molecule has 2 nitrogen and oxygen atoms in total. The Kier molecular flexibility index (Phi) is 5.69. The van der Waals surface area contributed by atoms with Crippen LogP contribution in [0.3, 0.4) is 0 Å². The van der Waals surface area contributed by atoms with E-state index in [1.165, 1.54) is 11.1 Å². The van der Waals surface area contributed by atoms with Gasteiger partial charge in [0.15, 0.2) is 5.11 Å². The highest BCUT2D eigenvalue weighted by atomic mass is 35.5. The lowest BCUT2D eigenvalue weighted by molar-refractivity contribution is 1.19. The molecular weight excluding hydrogens is 348 g/mol. The molecule has 0 saturated carbocycles. The van der Waals surface area contributed by atoms with E-state index in [0.717, 1.165) is 23.4 Å². The van der Waals surface area contributed by atoms with Crippen LogP contribution in [0.15, 0.2) is 72.8 Å². The van der Waals surface area contributed by atoms with Crippen molar-refractivity contribution in [3.8, 4) is 0 Å². The third-order valence-electron chi connectivity index (χ3n) is 3.95. The Bertz CT molecular complexity index is 878. The second-order valence-corrected chi connectivity index (χ2v) is 6.70. The maximum atomic E-state index is 6.07. The minimum Gasteiger partial charge on any atom is -0.332 e. The van der Waals surface area contributed by atoms with Gasteiger partial charge in [-0.15, -0.1) is 0 Å². The van der Waals surface area contributed by atoms with Crippen LogP contribution in [-0.4, -0.2) is 5.11 Å². The molecular formula is C21H19ClN2S. The molecule has 0 amide bonds. The predicted molar refractivity (Wildman–Crippen MR) is 112 cm³/mol. The van der Waals surface area contributed by atoms with E-state index in [2.05, 4.69) is 41.0 Å². The van der Waals surface area contributed by atoms with Crippen LogP contribution in [0.5, 0.6) is 0 Å². The zero-order valence-electron chi connectivity index (χ0n) is 13.9. The molecule has 0 fully saturated rings. The first-order valence-electron chi connectivity index (χ1n) is 8.08. The Balaban J connectivity index is 1.74. The van der Waals surface area contributed by atoms with Crippen LogP contribution >= 0.6 is 23.8 Å². The van der Waals surface area contributed by atoms with Crippen molar-refractivity contribution in [2.45, 2.75) is 13.3 Å². The predicted octanol–water partition coefficient (Wildman–Crippen LogP) is 6.05. The van der Waals surface area contributed by atoms with Gasteiger partial charge in [0.05, 0.1) is 0 Å². The molecule has 0 heterocycles. The number of benzene rings is 3. The molecule has 0 aliphatic heterocycles. The molecule has 3 rings (SSSR count). The zero-order valence-corrected chi connectivity index (χ0v) is 15.5. The number of hydrogen-bond donors (Lipinski definition) is 2. The minimum atomic E-state index is 0.547. The quantitative estimate of drug-likeness (QED) is 0.550. The van der Waals surface area contributed by atoms with E-state index in [1.807, 2.05) is 49.4 Å². The summed E-state index contributed by atoms with van der Waals surface area (Å²) in [7, 11) is 0. The molecule has 0 saturated heterocycles. The summed E-state index contributed by atoms with van der Waals surface area (Å²) in [6, 6.07) is 24.3. The van der Waals surface area contributed by atoms with E-state index in [0.29, 0.717) is 10.1 Å². The first kappa shape index (κ1) is 17.5. The van der Waals surface area contributed by atoms with E-state index in [4.69, 9.17) is 23.8 Å². The summed E-state index contributed by atoms with van der Waals surface area (Å²) in [6.45, 7) is 2.02. The molecule has 0 atom stereocenters. The molecule has 25 heavy (non-hydrogen) atoms. The molecule has 3 aromatic carbocycles. The standard InChI is InChI=1S/C21H19ClN2S/c1-15-11-12-18(22)14-20(15)24-21(25)23-19-10-6-5-9-17(19)13-16-7-3-2-4-8-16/h2-12,14H,13H2,1H3,(H2,23,24,25). The van der Waals surface area contributed by atoms with Crippen LogP contribution < -0.4 is 10.6 Å². The summed E-state index contributed by atoms with van der Waals surface area (Å²) in [5, 5.41) is 7.76. The van der Waals surface area contributed by atoms with Gasteiger partial charge in [0.1, 0.15) is 0 Å². The van der Waals surface area contributed by atoms with Crippen molar-refractivity contribution in [3.05, 3.63) is 94.5 Å². The molecule has 0 aliphatic rings. The lowest BCUT2D eigenvalue weighted by Crippen LogP contribution is -2.20. The van der Waals surface area contributed by atoms with Gasteiger partial charge in [0.25, 0.3) is 0 Å². The molecule has 0 spiro atoms. The molecule has 3 aromatic rings. The Hall–Kier alpha value is -2.36. The van der Waals surface area contributed by atoms with Crippen molar-refractivity contribution in [1.82, 2.24) is 0 Å². The van der Waals surface area contributed by atoms with Gasteiger partial charge in [-0.05, 0) is 60.5 Å². The van der Waals surface area contributed by atoms with Crippen molar-refractivity contribution < 1.29 is 0 Å². The molecule has 0 aromatic heterocycles. The largest absolute Gasteiger partial charge is 0.332 e. The summed E-state index contributed by atoms with van der Waals surface area (Å²) in [5.41, 5.74) is 5.46. The SMILES string of the molecule is Cc1ccc(Cl)cc1NC(=S)Nc1ccccc1Cc1ccccc1. The van der Waals surface area contributed by atoms with Crippen molar-refractivity contribution in [3.63, 3.8) is 0 Å². The number of anilines is 2. The van der Waals surface area contributed by atoms with Crippen LogP contribution in [-0.2, 0) is 6.42 Å². The average molecular weight is 367 g/mol. The van der Waals surface area contributed by atoms with Crippen LogP contribution in [0.4, 0.5) is 11.4 Å². The van der Waals surface area contributed by atoms with Crippen molar-refractivity contribution in [2.75, 3.05) is 10.6 Å². The van der Waals surface area contributed by atoms with Crippen LogP contribution in [0, 0.1) is 6.92 Å². The van der Waals surface area contributed by atoms with Gasteiger partial charge in [-0.25, -0.2) is 0 Å². The summed E-state index contributed by atoms with van der Waals surface area (Å²) < 4.78 is 0. The average Bonchev–Trinajstić information content (AvgIpc) is 2.61. The fraction of sp³-hybridized carbons (Fsp3) is 0.0952. The highest BCUT2D eigenvalue weighted by Gasteiger charge is 2.07. The van der Waals surface area contributed by atoms with Crippen LogP contribution in [0.2, 0.25) is 5.02 Å². The monoisotopic (exact) mass is 366 g/mol. The third-order valence-corrected chi connectivity index (χ3v) is 4.39. The van der Waals surface area contributed by atoms with Crippen molar-refractivity contribution >= 4 is 40.3 Å². The van der Waals surface area contributed by atoms with Gasteiger partial charge >= 0.3 is 0 Å². The first-order chi connectivity index (χ1) is 12.1. The van der Waals surface area contributed by atoms with E-state index in [9.17, 15) is 0 Å². The lowest BCUT2D eigenvalue weighted by atomic mass is 10.0. The smallest absolute Gasteiger partial charge is 0.175 e. The Morgan fingerprint density at radius 3 is 2.36 bits per heavy atom. The van der Waals surface area contributed by atoms with E-state index < -0.39 is 0 Å². The number of para-hydroxylation sites is 1. The number of hydrogen-bond acceptors (Lipinski definition) is 1. The third kappa shape index (κ3) is 4.81. The van der Waals surface area contributed by atoms with Gasteiger partial charge in [-0.2, -0.15) is 0 Å². The number of thiocarbonyl (C=S) groups is 1. The van der Waals surface area contributed by atoms with E-state index in [-0.39, 0.29) is 0 Å². The van der Waals surface area contributed by atoms with Crippen LogP contribution in [0.25, 0.3) is 0 Å². The van der Waals surface area contributed by atoms with Gasteiger partial charge in [-0.3, -0.25) is 0 Å². The first-order valence-corrected chi connectivity index (χ1v) is 8.86. The molecule has 4 heteroatoms. The number of halogens is 1. The topological polar surface area (TPSA) is 24.1 Å². The highest BCUT2D eigenvalue weighted by molar-refractivity contribution is 7.80. The van der Waals surface area contributed by atoms with Crippen molar-refractivity contribution in [1.29, 1.82) is 0 Å². The highest BCUT2D eigenvalue weighted by Crippen LogP contribution is 2.22. The summed E-state index contributed by atoms with van der Waals surface area (Å²) in [6.07, 6.45) is 0.850. The van der Waals surface area contributed by atoms with Crippen LogP contribution in [0.1, 0.15) is 16.7 Å². The summed E-state index contributed by atoms with van der Waals surface area (Å²) in [4.78, 5) is 0. The van der Waals surface area contributed by atoms with Crippen molar-refractivity contribution in [2.24, 2.45) is 0 Å².